The molecule has 1 aromatic carbocycles. The van der Waals surface area contributed by atoms with E-state index in [1.54, 1.807) is 6.07 Å². The fourth-order valence-electron chi connectivity index (χ4n) is 1.07. The summed E-state index contributed by atoms with van der Waals surface area (Å²) in [7, 11) is 0. The second-order valence-corrected chi connectivity index (χ2v) is 2.39. The molecule has 0 aliphatic carbocycles. The molecule has 2 rings (SSSR count). The third-order valence-electron chi connectivity index (χ3n) is 1.60. The summed E-state index contributed by atoms with van der Waals surface area (Å²) in [5.74, 6) is 0. The molecule has 0 amide bonds. The lowest BCUT2D eigenvalue weighted by Gasteiger charge is -1.95. The normalized spacial score (nSPS) is 10.3. The van der Waals surface area contributed by atoms with Crippen LogP contribution in [-0.4, -0.2) is 4.98 Å². The Labute approximate surface area is 65.7 Å². The Bertz CT molecular complexity index is 379. The van der Waals surface area contributed by atoms with Gasteiger partial charge in [0.1, 0.15) is 0 Å². The van der Waals surface area contributed by atoms with Gasteiger partial charge in [-0.2, -0.15) is 0 Å². The lowest BCUT2D eigenvalue weighted by Crippen LogP contribution is -1.80. The van der Waals surface area contributed by atoms with E-state index in [0.29, 0.717) is 5.69 Å². The Morgan fingerprint density at radius 2 is 1.82 bits per heavy atom. The number of para-hydroxylation sites is 1. The van der Waals surface area contributed by atoms with Gasteiger partial charge in [-0.3, -0.25) is 4.98 Å². The molecule has 0 atom stereocenters. The van der Waals surface area contributed by atoms with Crippen LogP contribution < -0.4 is 0 Å². The van der Waals surface area contributed by atoms with Gasteiger partial charge in [0, 0.05) is 5.39 Å². The van der Waals surface area contributed by atoms with Gasteiger partial charge in [0.25, 0.3) is 0 Å². The van der Waals surface area contributed by atoms with Gasteiger partial charge in [0.2, 0.25) is 0 Å². The first-order valence-electron chi connectivity index (χ1n) is 3.44. The van der Waals surface area contributed by atoms with Crippen molar-refractivity contribution in [3.05, 3.63) is 49.0 Å². The van der Waals surface area contributed by atoms with Crippen LogP contribution in [0.3, 0.4) is 0 Å². The Morgan fingerprint density at radius 1 is 1.00 bits per heavy atom. The molecule has 0 N–H and O–H groups in total. The fraction of sp³-hybridized carbons (Fsp3) is 0. The van der Waals surface area contributed by atoms with Crippen LogP contribution in [0.1, 0.15) is 5.69 Å². The Balaban J connectivity index is 2.83. The van der Waals surface area contributed by atoms with Crippen molar-refractivity contribution >= 4 is 10.9 Å². The average Bonchev–Trinajstić information content (AvgIpc) is 2.04. The van der Waals surface area contributed by atoms with Crippen molar-refractivity contribution in [2.24, 2.45) is 0 Å². The molecule has 1 nitrogen and oxygen atoms in total. The van der Waals surface area contributed by atoms with Crippen LogP contribution in [0.25, 0.3) is 10.9 Å². The molecule has 51 valence electrons. The largest absolute Gasteiger partial charge is 0.252 e. The summed E-state index contributed by atoms with van der Waals surface area (Å²) >= 11 is 0. The van der Waals surface area contributed by atoms with Gasteiger partial charge in [-0.25, -0.2) is 0 Å². The molecule has 0 bridgehead atoms. The van der Waals surface area contributed by atoms with Gasteiger partial charge in [0.15, 0.2) is 0 Å². The molecule has 1 heteroatoms. The zero-order valence-corrected chi connectivity index (χ0v) is 5.91. The number of rotatable bonds is 0. The summed E-state index contributed by atoms with van der Waals surface area (Å²) in [6.45, 7) is 7.27. The van der Waals surface area contributed by atoms with E-state index in [1.807, 2.05) is 30.3 Å². The number of nitrogens with zero attached hydrogens (tertiary/aromatic N) is 1. The van der Waals surface area contributed by atoms with Gasteiger partial charge in [-0.15, -0.1) is 0 Å². The zero-order chi connectivity index (χ0) is 7.68. The van der Waals surface area contributed by atoms with Crippen molar-refractivity contribution in [3.8, 4) is 0 Å². The summed E-state index contributed by atoms with van der Waals surface area (Å²) in [4.78, 5) is 4.04. The van der Waals surface area contributed by atoms with Crippen molar-refractivity contribution in [3.63, 3.8) is 0 Å². The van der Waals surface area contributed by atoms with E-state index in [9.17, 15) is 0 Å². The highest BCUT2D eigenvalue weighted by atomic mass is 14.7. The molecule has 0 saturated heterocycles. The van der Waals surface area contributed by atoms with Gasteiger partial charge in [-0.05, 0) is 12.1 Å². The molecule has 1 heterocycles. The number of fused-ring (bicyclic) bond motifs is 1. The van der Waals surface area contributed by atoms with Gasteiger partial charge >= 0.3 is 0 Å². The van der Waals surface area contributed by atoms with Crippen LogP contribution in [0.5, 0.6) is 0 Å². The van der Waals surface area contributed by atoms with E-state index in [4.69, 9.17) is 6.92 Å². The van der Waals surface area contributed by atoms with Gasteiger partial charge < -0.3 is 0 Å². The monoisotopic (exact) mass is 140 g/mol. The summed E-state index contributed by atoms with van der Waals surface area (Å²) in [5, 5.41) is 1.09. The molecular weight excluding hydrogens is 134 g/mol. The minimum absolute atomic E-state index is 0.323. The molecule has 0 unspecified atom stereocenters. The van der Waals surface area contributed by atoms with Crippen molar-refractivity contribution in [1.29, 1.82) is 0 Å². The number of hydrogen-bond donors (Lipinski definition) is 0. The lowest BCUT2D eigenvalue weighted by molar-refractivity contribution is 1.34. The fourth-order valence-corrected chi connectivity index (χ4v) is 1.07. The molecule has 0 aliphatic rings. The lowest BCUT2D eigenvalue weighted by atomic mass is 10.2. The van der Waals surface area contributed by atoms with E-state index in [-0.39, 0.29) is 0 Å². The van der Waals surface area contributed by atoms with Crippen molar-refractivity contribution < 1.29 is 0 Å². The van der Waals surface area contributed by atoms with E-state index < -0.39 is 0 Å². The molecule has 0 spiro atoms. The minimum Gasteiger partial charge on any atom is -0.252 e. The van der Waals surface area contributed by atoms with Crippen LogP contribution in [0.2, 0.25) is 0 Å². The number of aromatic nitrogens is 1. The second-order valence-electron chi connectivity index (χ2n) is 2.39. The smallest absolute Gasteiger partial charge is 0.0705 e. The molecule has 3 radical (unpaired) electrons. The first kappa shape index (κ1) is 6.35. The molecule has 0 aliphatic heterocycles. The maximum absolute atomic E-state index is 7.27. The highest BCUT2D eigenvalue weighted by molar-refractivity contribution is 5.78. The molecule has 1 aromatic heterocycles. The zero-order valence-electron chi connectivity index (χ0n) is 5.91. The van der Waals surface area contributed by atoms with Crippen molar-refractivity contribution in [2.75, 3.05) is 0 Å². The third-order valence-corrected chi connectivity index (χ3v) is 1.60. The molecule has 2 aromatic rings. The van der Waals surface area contributed by atoms with Gasteiger partial charge in [0.05, 0.1) is 18.1 Å². The highest BCUT2D eigenvalue weighted by Crippen LogP contribution is 2.10. The summed E-state index contributed by atoms with van der Waals surface area (Å²) < 4.78 is 0. The average molecular weight is 140 g/mol. The van der Waals surface area contributed by atoms with E-state index in [1.165, 1.54) is 0 Å². The molecule has 0 saturated carbocycles. The SMILES string of the molecule is [C]c1ccc2ccccc2n1. The van der Waals surface area contributed by atoms with Crippen LogP contribution in [0.4, 0.5) is 0 Å². The standard InChI is InChI=1S/C10H6N/c1-8-6-7-9-4-2-3-5-10(9)11-8/h2-7H. The molecule has 11 heavy (non-hydrogen) atoms. The van der Waals surface area contributed by atoms with E-state index >= 15 is 0 Å². The maximum Gasteiger partial charge on any atom is 0.0705 e. The van der Waals surface area contributed by atoms with Gasteiger partial charge in [-0.1, -0.05) is 24.3 Å². The van der Waals surface area contributed by atoms with E-state index in [2.05, 4.69) is 4.98 Å². The maximum atomic E-state index is 7.27. The number of hydrogen-bond acceptors (Lipinski definition) is 1. The summed E-state index contributed by atoms with van der Waals surface area (Å²) in [6, 6.07) is 11.4. The van der Waals surface area contributed by atoms with E-state index in [0.717, 1.165) is 10.9 Å². The Kier molecular flexibility index (Phi) is 1.35. The van der Waals surface area contributed by atoms with Crippen LogP contribution in [0, 0.1) is 6.92 Å². The third kappa shape index (κ3) is 1.09. The number of benzene rings is 1. The topological polar surface area (TPSA) is 12.9 Å². The van der Waals surface area contributed by atoms with Crippen LogP contribution >= 0.6 is 0 Å². The first-order valence-corrected chi connectivity index (χ1v) is 3.44. The summed E-state index contributed by atoms with van der Waals surface area (Å²) in [6.07, 6.45) is 0. The Morgan fingerprint density at radius 3 is 2.73 bits per heavy atom. The predicted molar refractivity (Wildman–Crippen MR) is 44.1 cm³/mol. The Hall–Kier alpha value is -1.37. The van der Waals surface area contributed by atoms with Crippen molar-refractivity contribution in [1.82, 2.24) is 4.98 Å². The minimum atomic E-state index is 0.323. The molecular formula is C10H6N. The highest BCUT2D eigenvalue weighted by Gasteiger charge is 1.91. The predicted octanol–water partition coefficient (Wildman–Crippen LogP) is 2.17. The first-order chi connectivity index (χ1) is 5.36. The van der Waals surface area contributed by atoms with Crippen molar-refractivity contribution in [2.45, 2.75) is 0 Å². The second kappa shape index (κ2) is 2.35. The quantitative estimate of drug-likeness (QED) is 0.546. The summed E-state index contributed by atoms with van der Waals surface area (Å²) in [5.41, 5.74) is 1.21. The van der Waals surface area contributed by atoms with Crippen LogP contribution in [-0.2, 0) is 0 Å². The van der Waals surface area contributed by atoms with Crippen LogP contribution in [0.15, 0.2) is 36.4 Å². The molecule has 0 fully saturated rings. The number of pyridine rings is 1.